The Hall–Kier alpha value is -3.29. The van der Waals surface area contributed by atoms with Crippen LogP contribution < -0.4 is 9.84 Å². The van der Waals surface area contributed by atoms with Gasteiger partial charge in [-0.2, -0.15) is 0 Å². The first-order chi connectivity index (χ1) is 16.6. The third kappa shape index (κ3) is 4.67. The molecule has 1 unspecified atom stereocenters. The van der Waals surface area contributed by atoms with Gasteiger partial charge in [0.1, 0.15) is 12.4 Å². The Balaban J connectivity index is 1.44. The fourth-order valence-corrected chi connectivity index (χ4v) is 7.05. The highest BCUT2D eigenvalue weighted by atomic mass is 32.2. The number of carboxylic acid groups (broad SMARTS) is 1. The van der Waals surface area contributed by atoms with E-state index in [1.165, 1.54) is 11.3 Å². The molecule has 0 aliphatic heterocycles. The van der Waals surface area contributed by atoms with Gasteiger partial charge in [-0.25, -0.2) is 4.98 Å². The lowest BCUT2D eigenvalue weighted by molar-refractivity contribution is -0.307. The van der Waals surface area contributed by atoms with E-state index in [9.17, 15) is 14.1 Å². The zero-order valence-corrected chi connectivity index (χ0v) is 19.9. The van der Waals surface area contributed by atoms with E-state index in [-0.39, 0.29) is 5.92 Å². The molecule has 1 atom stereocenters. The molecule has 1 aromatic heterocycles. The lowest BCUT2D eigenvalue weighted by Gasteiger charge is -2.19. The summed E-state index contributed by atoms with van der Waals surface area (Å²) in [5.74, 6) is -0.272. The topological polar surface area (TPSA) is 79.3 Å². The van der Waals surface area contributed by atoms with E-state index < -0.39 is 23.4 Å². The summed E-state index contributed by atoms with van der Waals surface area (Å²) in [6.07, 6.45) is 1.47. The molecule has 5 nitrogen and oxygen atoms in total. The van der Waals surface area contributed by atoms with E-state index in [0.29, 0.717) is 15.8 Å². The van der Waals surface area contributed by atoms with Gasteiger partial charge < -0.3 is 14.6 Å². The van der Waals surface area contributed by atoms with Gasteiger partial charge in [0.25, 0.3) is 0 Å². The second-order valence-electron chi connectivity index (χ2n) is 8.08. The molecular weight excluding hydrogens is 466 g/mol. The molecule has 0 amide bonds. The predicted molar refractivity (Wildman–Crippen MR) is 131 cm³/mol. The largest absolute Gasteiger partial charge is 0.546 e. The maximum Gasteiger partial charge on any atom is 0.181 e. The monoisotopic (exact) mass is 488 g/mol. The molecule has 1 aliphatic rings. The summed E-state index contributed by atoms with van der Waals surface area (Å²) in [4.78, 5) is 16.7. The Kier molecular flexibility index (Phi) is 6.56. The van der Waals surface area contributed by atoms with Crippen molar-refractivity contribution in [3.05, 3.63) is 100 Å². The molecule has 0 bridgehead atoms. The minimum absolute atomic E-state index is 0.000999. The van der Waals surface area contributed by atoms with Crippen LogP contribution in [0.1, 0.15) is 27.5 Å². The lowest BCUT2D eigenvalue weighted by atomic mass is 9.93. The SMILES string of the molecule is O=C([O-])COc1cccc2c1CCc1sc(S(=O)CC(c3ccccc3)c3ccccc3)nc1-2. The summed E-state index contributed by atoms with van der Waals surface area (Å²) in [6, 6.07) is 25.9. The smallest absolute Gasteiger partial charge is 0.181 e. The van der Waals surface area contributed by atoms with E-state index in [4.69, 9.17) is 9.72 Å². The maximum atomic E-state index is 13.5. The molecule has 172 valence electrons. The zero-order valence-electron chi connectivity index (χ0n) is 18.3. The second-order valence-corrected chi connectivity index (χ2v) is 10.8. The Labute approximate surface area is 204 Å². The quantitative estimate of drug-likeness (QED) is 0.375. The van der Waals surface area contributed by atoms with Crippen LogP contribution in [0, 0.1) is 0 Å². The Morgan fingerprint density at radius 1 is 0.971 bits per heavy atom. The average molecular weight is 489 g/mol. The van der Waals surface area contributed by atoms with Gasteiger partial charge >= 0.3 is 0 Å². The number of aryl methyl sites for hydroxylation is 1. The van der Waals surface area contributed by atoms with Crippen LogP contribution in [0.3, 0.4) is 0 Å². The first-order valence-electron chi connectivity index (χ1n) is 11.0. The van der Waals surface area contributed by atoms with E-state index >= 15 is 0 Å². The molecule has 3 aromatic carbocycles. The molecule has 0 N–H and O–H groups in total. The molecule has 0 spiro atoms. The molecule has 5 rings (SSSR count). The van der Waals surface area contributed by atoms with Gasteiger partial charge in [-0.15, -0.1) is 11.3 Å². The number of rotatable bonds is 8. The number of carboxylic acids is 1. The second kappa shape index (κ2) is 9.91. The first kappa shape index (κ1) is 22.5. The van der Waals surface area contributed by atoms with Crippen LogP contribution in [0.25, 0.3) is 11.3 Å². The highest BCUT2D eigenvalue weighted by Crippen LogP contribution is 2.41. The van der Waals surface area contributed by atoms with Crippen molar-refractivity contribution in [3.8, 4) is 17.0 Å². The average Bonchev–Trinajstić information content (AvgIpc) is 3.32. The van der Waals surface area contributed by atoms with E-state index in [2.05, 4.69) is 24.3 Å². The van der Waals surface area contributed by atoms with E-state index in [1.807, 2.05) is 48.5 Å². The van der Waals surface area contributed by atoms with Crippen LogP contribution in [0.5, 0.6) is 5.75 Å². The number of thiazole rings is 1. The number of nitrogens with zero attached hydrogens (tertiary/aromatic N) is 1. The standard InChI is InChI=1S/C27H23NO4S2/c29-25(30)16-32-23-13-7-12-21-20(23)14-15-24-26(21)28-27(33-24)34(31)17-22(18-8-3-1-4-9-18)19-10-5-2-6-11-19/h1-13,22H,14-17H2,(H,29,30)/p-1. The summed E-state index contributed by atoms with van der Waals surface area (Å²) in [6.45, 7) is -0.490. The number of hydrogen-bond donors (Lipinski definition) is 0. The third-order valence-corrected chi connectivity index (χ3v) is 8.76. The minimum Gasteiger partial charge on any atom is -0.546 e. The Morgan fingerprint density at radius 3 is 2.29 bits per heavy atom. The summed E-state index contributed by atoms with van der Waals surface area (Å²) < 4.78 is 19.6. The summed E-state index contributed by atoms with van der Waals surface area (Å²) in [5.41, 5.74) is 4.93. The van der Waals surface area contributed by atoms with Gasteiger partial charge in [-0.05, 0) is 30.0 Å². The van der Waals surface area contributed by atoms with Crippen LogP contribution in [-0.4, -0.2) is 27.5 Å². The van der Waals surface area contributed by atoms with E-state index in [1.54, 1.807) is 6.07 Å². The highest BCUT2D eigenvalue weighted by molar-refractivity contribution is 7.87. The van der Waals surface area contributed by atoms with Gasteiger partial charge in [0.05, 0.1) is 22.5 Å². The zero-order chi connectivity index (χ0) is 23.5. The molecule has 0 saturated carbocycles. The van der Waals surface area contributed by atoms with Gasteiger partial charge in [-0.3, -0.25) is 4.21 Å². The van der Waals surface area contributed by atoms with Crippen molar-refractivity contribution in [3.63, 3.8) is 0 Å². The number of benzene rings is 3. The van der Waals surface area contributed by atoms with Gasteiger partial charge in [-0.1, -0.05) is 72.8 Å². The number of aromatic nitrogens is 1. The van der Waals surface area contributed by atoms with Gasteiger partial charge in [0.2, 0.25) is 0 Å². The number of hydrogen-bond acceptors (Lipinski definition) is 6. The van der Waals surface area contributed by atoms with Crippen molar-refractivity contribution < 1.29 is 18.8 Å². The van der Waals surface area contributed by atoms with Crippen molar-refractivity contribution in [2.24, 2.45) is 0 Å². The molecule has 0 radical (unpaired) electrons. The van der Waals surface area contributed by atoms with Gasteiger partial charge in [0, 0.05) is 27.7 Å². The van der Waals surface area contributed by atoms with Crippen molar-refractivity contribution >= 4 is 28.1 Å². The molecule has 0 saturated heterocycles. The van der Waals surface area contributed by atoms with Crippen molar-refractivity contribution in [2.75, 3.05) is 12.4 Å². The molecule has 1 heterocycles. The number of aliphatic carboxylic acids is 1. The molecule has 4 aromatic rings. The molecule has 7 heteroatoms. The molecular formula is C27H22NO4S2-. The fourth-order valence-electron chi connectivity index (χ4n) is 4.34. The number of carbonyl (C=O) groups is 1. The lowest BCUT2D eigenvalue weighted by Crippen LogP contribution is -2.29. The highest BCUT2D eigenvalue weighted by Gasteiger charge is 2.26. The normalized spacial score (nSPS) is 13.2. The van der Waals surface area contributed by atoms with Crippen LogP contribution >= 0.6 is 11.3 Å². The van der Waals surface area contributed by atoms with E-state index in [0.717, 1.165) is 45.7 Å². The van der Waals surface area contributed by atoms with Gasteiger partial charge in [0.15, 0.2) is 4.34 Å². The third-order valence-electron chi connectivity index (χ3n) is 5.93. The number of carbonyl (C=O) groups excluding carboxylic acids is 1. The Bertz CT molecular complexity index is 1300. The Morgan fingerprint density at radius 2 is 1.65 bits per heavy atom. The van der Waals surface area contributed by atoms with Crippen LogP contribution in [0.2, 0.25) is 0 Å². The maximum absolute atomic E-state index is 13.5. The molecule has 34 heavy (non-hydrogen) atoms. The predicted octanol–water partition coefficient (Wildman–Crippen LogP) is 3.98. The van der Waals surface area contributed by atoms with Crippen LogP contribution in [-0.2, 0) is 28.4 Å². The van der Waals surface area contributed by atoms with Crippen molar-refractivity contribution in [2.45, 2.75) is 23.1 Å². The van der Waals surface area contributed by atoms with Crippen molar-refractivity contribution in [1.82, 2.24) is 4.98 Å². The van der Waals surface area contributed by atoms with Crippen LogP contribution in [0.4, 0.5) is 0 Å². The minimum atomic E-state index is -1.28. The molecule has 0 fully saturated rings. The fraction of sp³-hybridized carbons (Fsp3) is 0.185. The summed E-state index contributed by atoms with van der Waals surface area (Å²) >= 11 is 1.51. The molecule has 1 aliphatic carbocycles. The van der Waals surface area contributed by atoms with Crippen LogP contribution in [0.15, 0.2) is 83.2 Å². The van der Waals surface area contributed by atoms with Crippen molar-refractivity contribution in [1.29, 1.82) is 0 Å². The first-order valence-corrected chi connectivity index (χ1v) is 13.2. The summed E-state index contributed by atoms with van der Waals surface area (Å²) in [7, 11) is -1.28. The number of ether oxygens (including phenoxy) is 1. The number of fused-ring (bicyclic) bond motifs is 3. The summed E-state index contributed by atoms with van der Waals surface area (Å²) in [5, 5.41) is 10.8.